The highest BCUT2D eigenvalue weighted by Crippen LogP contribution is 2.26. The van der Waals surface area contributed by atoms with E-state index in [1.165, 1.54) is 7.11 Å². The molecule has 3 rings (SSSR count). The molecule has 0 radical (unpaired) electrons. The molecule has 2 heterocycles. The Bertz CT molecular complexity index is 853. The molecule has 2 aromatic rings. The van der Waals surface area contributed by atoms with Crippen LogP contribution >= 0.6 is 0 Å². The highest BCUT2D eigenvalue weighted by Gasteiger charge is 2.26. The van der Waals surface area contributed by atoms with Gasteiger partial charge in [-0.25, -0.2) is 13.1 Å². The molecule has 1 fully saturated rings. The van der Waals surface area contributed by atoms with Crippen LogP contribution in [-0.2, 0) is 14.8 Å². The molecule has 8 heteroatoms. The van der Waals surface area contributed by atoms with Gasteiger partial charge in [-0.1, -0.05) is 12.1 Å². The Morgan fingerprint density at radius 1 is 1.30 bits per heavy atom. The van der Waals surface area contributed by atoms with Crippen molar-refractivity contribution in [3.05, 3.63) is 53.9 Å². The summed E-state index contributed by atoms with van der Waals surface area (Å²) in [6, 6.07) is 8.83. The van der Waals surface area contributed by atoms with Gasteiger partial charge >= 0.3 is 0 Å². The Morgan fingerprint density at radius 3 is 2.74 bits per heavy atom. The van der Waals surface area contributed by atoms with Gasteiger partial charge in [-0.05, 0) is 36.2 Å². The van der Waals surface area contributed by atoms with Crippen molar-refractivity contribution in [1.29, 1.82) is 0 Å². The molecule has 146 valence electrons. The Hall–Kier alpha value is -2.00. The monoisotopic (exact) mass is 391 g/mol. The molecule has 1 aromatic carbocycles. The van der Waals surface area contributed by atoms with E-state index in [-0.39, 0.29) is 17.5 Å². The number of benzene rings is 1. The van der Waals surface area contributed by atoms with Crippen molar-refractivity contribution in [3.8, 4) is 5.75 Å². The van der Waals surface area contributed by atoms with E-state index >= 15 is 0 Å². The molecule has 1 N–H and O–H groups in total. The number of hydrogen-bond acceptors (Lipinski definition) is 6. The Kier molecular flexibility index (Phi) is 6.43. The lowest BCUT2D eigenvalue weighted by molar-refractivity contribution is 0.0171. The molecule has 1 aromatic heterocycles. The summed E-state index contributed by atoms with van der Waals surface area (Å²) >= 11 is 0. The van der Waals surface area contributed by atoms with E-state index in [0.29, 0.717) is 19.0 Å². The second-order valence-corrected chi connectivity index (χ2v) is 8.19. The minimum absolute atomic E-state index is 0.117. The minimum Gasteiger partial charge on any atom is -0.495 e. The van der Waals surface area contributed by atoms with Crippen LogP contribution in [0.2, 0.25) is 0 Å². The fourth-order valence-corrected chi connectivity index (χ4v) is 4.47. The largest absolute Gasteiger partial charge is 0.495 e. The third-order valence-corrected chi connectivity index (χ3v) is 6.08. The second kappa shape index (κ2) is 8.79. The van der Waals surface area contributed by atoms with E-state index in [9.17, 15) is 8.42 Å². The van der Waals surface area contributed by atoms with Crippen molar-refractivity contribution >= 4 is 10.0 Å². The van der Waals surface area contributed by atoms with Gasteiger partial charge in [0, 0.05) is 32.0 Å². The second-order valence-electron chi connectivity index (χ2n) is 6.46. The molecular formula is C19H25N3O4S. The fourth-order valence-electron chi connectivity index (χ4n) is 3.18. The fraction of sp³-hybridized carbons (Fsp3) is 0.421. The first-order chi connectivity index (χ1) is 13.0. The SMILES string of the molecule is COc1ccc(C)cc1S(=O)(=O)NCC(c1cccnc1)N1CCOCC1. The number of pyridine rings is 1. The number of sulfonamides is 1. The van der Waals surface area contributed by atoms with Gasteiger partial charge in [-0.2, -0.15) is 0 Å². The molecule has 1 aliphatic heterocycles. The third-order valence-electron chi connectivity index (χ3n) is 4.63. The van der Waals surface area contributed by atoms with Crippen LogP contribution in [-0.4, -0.2) is 58.3 Å². The third kappa shape index (κ3) is 4.84. The van der Waals surface area contributed by atoms with Gasteiger partial charge in [0.05, 0.1) is 26.4 Å². The summed E-state index contributed by atoms with van der Waals surface area (Å²) in [5.41, 5.74) is 1.83. The Balaban J connectivity index is 1.83. The standard InChI is InChI=1S/C19H25N3O4S/c1-15-5-6-18(25-2)19(12-15)27(23,24)21-14-17(16-4-3-7-20-13-16)22-8-10-26-11-9-22/h3-7,12-13,17,21H,8-11,14H2,1-2H3. The number of aryl methyl sites for hydroxylation is 1. The first-order valence-corrected chi connectivity index (χ1v) is 10.4. The summed E-state index contributed by atoms with van der Waals surface area (Å²) in [4.78, 5) is 6.56. The molecule has 27 heavy (non-hydrogen) atoms. The topological polar surface area (TPSA) is 80.8 Å². The number of rotatable bonds is 7. The first-order valence-electron chi connectivity index (χ1n) is 8.87. The molecule has 0 spiro atoms. The van der Waals surface area contributed by atoms with Crippen molar-refractivity contribution in [3.63, 3.8) is 0 Å². The van der Waals surface area contributed by atoms with Gasteiger partial charge < -0.3 is 9.47 Å². The molecule has 1 atom stereocenters. The average molecular weight is 391 g/mol. The maximum absolute atomic E-state index is 12.9. The summed E-state index contributed by atoms with van der Waals surface area (Å²) in [5, 5.41) is 0. The maximum atomic E-state index is 12.9. The van der Waals surface area contributed by atoms with Crippen LogP contribution in [0.3, 0.4) is 0 Å². The number of hydrogen-bond donors (Lipinski definition) is 1. The van der Waals surface area contributed by atoms with Crippen LogP contribution in [0, 0.1) is 6.92 Å². The molecule has 0 amide bonds. The van der Waals surface area contributed by atoms with Crippen molar-refractivity contribution in [1.82, 2.24) is 14.6 Å². The zero-order valence-corrected chi connectivity index (χ0v) is 16.4. The zero-order valence-electron chi connectivity index (χ0n) is 15.6. The lowest BCUT2D eigenvalue weighted by atomic mass is 10.1. The van der Waals surface area contributed by atoms with E-state index in [1.807, 2.05) is 25.1 Å². The van der Waals surface area contributed by atoms with Crippen LogP contribution in [0.4, 0.5) is 0 Å². The van der Waals surface area contributed by atoms with Crippen LogP contribution < -0.4 is 9.46 Å². The average Bonchev–Trinajstić information content (AvgIpc) is 2.70. The van der Waals surface area contributed by atoms with Crippen LogP contribution in [0.15, 0.2) is 47.6 Å². The van der Waals surface area contributed by atoms with E-state index in [0.717, 1.165) is 24.2 Å². The lowest BCUT2D eigenvalue weighted by Crippen LogP contribution is -2.43. The van der Waals surface area contributed by atoms with Crippen molar-refractivity contribution in [2.24, 2.45) is 0 Å². The molecule has 0 bridgehead atoms. The normalized spacial score (nSPS) is 16.8. The summed E-state index contributed by atoms with van der Waals surface area (Å²) in [6.45, 7) is 4.85. The molecule has 7 nitrogen and oxygen atoms in total. The van der Waals surface area contributed by atoms with Crippen LogP contribution in [0.1, 0.15) is 17.2 Å². The lowest BCUT2D eigenvalue weighted by Gasteiger charge is -2.34. The van der Waals surface area contributed by atoms with Gasteiger partial charge in [0.2, 0.25) is 10.0 Å². The summed E-state index contributed by atoms with van der Waals surface area (Å²) in [7, 11) is -2.25. The smallest absolute Gasteiger partial charge is 0.244 e. The first kappa shape index (κ1) is 19.8. The Labute approximate surface area is 160 Å². The van der Waals surface area contributed by atoms with Gasteiger partial charge in [0.15, 0.2) is 0 Å². The number of aromatic nitrogens is 1. The Morgan fingerprint density at radius 2 is 2.07 bits per heavy atom. The summed E-state index contributed by atoms with van der Waals surface area (Å²) < 4.78 is 39.3. The molecule has 0 aliphatic carbocycles. The predicted molar refractivity (Wildman–Crippen MR) is 102 cm³/mol. The van der Waals surface area contributed by atoms with Crippen LogP contribution in [0.25, 0.3) is 0 Å². The van der Waals surface area contributed by atoms with Crippen molar-refractivity contribution < 1.29 is 17.9 Å². The minimum atomic E-state index is -3.72. The van der Waals surface area contributed by atoms with Gasteiger partial charge in [-0.3, -0.25) is 9.88 Å². The maximum Gasteiger partial charge on any atom is 0.244 e. The summed E-state index contributed by atoms with van der Waals surface area (Å²) in [5.74, 6) is 0.331. The number of methoxy groups -OCH3 is 1. The van der Waals surface area contributed by atoms with E-state index < -0.39 is 10.0 Å². The number of nitrogens with zero attached hydrogens (tertiary/aromatic N) is 2. The van der Waals surface area contributed by atoms with Crippen molar-refractivity contribution in [2.45, 2.75) is 17.9 Å². The molecule has 1 saturated heterocycles. The molecular weight excluding hydrogens is 366 g/mol. The highest BCUT2D eigenvalue weighted by molar-refractivity contribution is 7.89. The quantitative estimate of drug-likeness (QED) is 0.775. The number of ether oxygens (including phenoxy) is 2. The molecule has 1 aliphatic rings. The van der Waals surface area contributed by atoms with E-state index in [2.05, 4.69) is 14.6 Å². The van der Waals surface area contributed by atoms with Crippen molar-refractivity contribution in [2.75, 3.05) is 40.0 Å². The van der Waals surface area contributed by atoms with Gasteiger partial charge in [0.1, 0.15) is 10.6 Å². The molecule has 0 saturated carbocycles. The zero-order chi connectivity index (χ0) is 19.3. The number of morpholine rings is 1. The molecule has 1 unspecified atom stereocenters. The van der Waals surface area contributed by atoms with Crippen LogP contribution in [0.5, 0.6) is 5.75 Å². The predicted octanol–water partition coefficient (Wildman–Crippen LogP) is 1.75. The van der Waals surface area contributed by atoms with E-state index in [4.69, 9.17) is 9.47 Å². The highest BCUT2D eigenvalue weighted by atomic mass is 32.2. The number of nitrogens with one attached hydrogen (secondary N) is 1. The van der Waals surface area contributed by atoms with Gasteiger partial charge in [0.25, 0.3) is 0 Å². The summed E-state index contributed by atoms with van der Waals surface area (Å²) in [6.07, 6.45) is 3.49. The van der Waals surface area contributed by atoms with Gasteiger partial charge in [-0.15, -0.1) is 0 Å². The van der Waals surface area contributed by atoms with E-state index in [1.54, 1.807) is 24.5 Å².